The molecule has 2 aromatic heterocycles. The first-order chi connectivity index (χ1) is 21.4. The summed E-state index contributed by atoms with van der Waals surface area (Å²) in [5.74, 6) is 2.71. The van der Waals surface area contributed by atoms with E-state index in [1.807, 2.05) is 82.1 Å². The van der Waals surface area contributed by atoms with Crippen LogP contribution in [0.2, 0.25) is 0 Å². The van der Waals surface area contributed by atoms with E-state index in [1.165, 1.54) is 0 Å². The number of nitrogens with two attached hydrogens (primary N) is 1. The van der Waals surface area contributed by atoms with Crippen LogP contribution in [0, 0.1) is 5.92 Å². The maximum Gasteiger partial charge on any atom is 0.132 e. The summed E-state index contributed by atoms with van der Waals surface area (Å²) in [6.45, 7) is 7.43. The largest absolute Gasteiger partial charge is 0.387 e. The van der Waals surface area contributed by atoms with Crippen molar-refractivity contribution in [3.63, 3.8) is 0 Å². The topological polar surface area (TPSA) is 155 Å². The first kappa shape index (κ1) is 30.9. The van der Waals surface area contributed by atoms with Gasteiger partial charge in [0.1, 0.15) is 17.5 Å². The summed E-state index contributed by atoms with van der Waals surface area (Å²) in [7, 11) is 1.78. The molecule has 0 spiro atoms. The van der Waals surface area contributed by atoms with E-state index in [-0.39, 0.29) is 12.2 Å². The normalized spacial score (nSPS) is 21.0. The number of hydrogen-bond acceptors (Lipinski definition) is 12. The minimum Gasteiger partial charge on any atom is -0.387 e. The van der Waals surface area contributed by atoms with Gasteiger partial charge < -0.3 is 36.7 Å². The number of aromatic nitrogens is 2. The molecule has 4 heterocycles. The molecule has 12 nitrogen and oxygen atoms in total. The van der Waals surface area contributed by atoms with Crippen molar-refractivity contribution in [3.8, 4) is 0 Å². The molecular weight excluding hydrogens is 556 g/mol. The number of nitrogens with one attached hydrogen (secondary N) is 6. The number of hydrogen-bond donors (Lipinski definition) is 7. The second-order valence-corrected chi connectivity index (χ2v) is 11.1. The molecule has 2 aromatic rings. The highest BCUT2D eigenvalue weighted by Gasteiger charge is 2.35. The maximum absolute atomic E-state index is 6.02. The molecule has 0 amide bonds. The summed E-state index contributed by atoms with van der Waals surface area (Å²) in [4.78, 5) is 13.8. The summed E-state index contributed by atoms with van der Waals surface area (Å²) >= 11 is 0. The van der Waals surface area contributed by atoms with Gasteiger partial charge in [-0.2, -0.15) is 0 Å². The Bertz CT molecular complexity index is 1500. The Morgan fingerprint density at radius 1 is 1.11 bits per heavy atom. The summed E-state index contributed by atoms with van der Waals surface area (Å²) in [5.41, 5.74) is 23.4. The van der Waals surface area contributed by atoms with Crippen molar-refractivity contribution in [2.45, 2.75) is 58.3 Å². The van der Waals surface area contributed by atoms with Crippen LogP contribution in [-0.2, 0) is 9.47 Å². The summed E-state index contributed by atoms with van der Waals surface area (Å²) in [5, 5.41) is 6.94. The quantitative estimate of drug-likeness (QED) is 0.119. The molecule has 4 unspecified atom stereocenters. The zero-order valence-corrected chi connectivity index (χ0v) is 25.9. The molecule has 2 aliphatic heterocycles. The SMILES string of the molecule is CCOC(C)C1=CNNC(Nc2ccc3ncc(C(C=NC)=CNC4CC4CCCOC(C)C4=CNNC(N)=C4)cc3n2)=C1. The monoisotopic (exact) mass is 600 g/mol. The number of fused-ring (bicyclic) bond motifs is 1. The van der Waals surface area contributed by atoms with Gasteiger partial charge in [-0.25, -0.2) is 4.98 Å². The fraction of sp³-hybridized carbons (Fsp3) is 0.406. The molecule has 0 aromatic carbocycles. The van der Waals surface area contributed by atoms with Gasteiger partial charge in [-0.3, -0.25) is 20.8 Å². The zero-order valence-electron chi connectivity index (χ0n) is 25.9. The van der Waals surface area contributed by atoms with Gasteiger partial charge in [-0.05, 0) is 76.3 Å². The lowest BCUT2D eigenvalue weighted by Gasteiger charge is -2.22. The second-order valence-electron chi connectivity index (χ2n) is 11.1. The van der Waals surface area contributed by atoms with Crippen molar-refractivity contribution in [2.24, 2.45) is 16.6 Å². The average Bonchev–Trinajstić information content (AvgIpc) is 3.79. The molecule has 4 atom stereocenters. The highest BCUT2D eigenvalue weighted by Crippen LogP contribution is 2.35. The number of hydrazine groups is 2. The van der Waals surface area contributed by atoms with Gasteiger partial charge in [0.2, 0.25) is 0 Å². The van der Waals surface area contributed by atoms with E-state index >= 15 is 0 Å². The number of pyridine rings is 2. The minimum atomic E-state index is -0.0193. The van der Waals surface area contributed by atoms with Crippen LogP contribution < -0.4 is 38.1 Å². The Hall–Kier alpha value is -4.55. The van der Waals surface area contributed by atoms with Gasteiger partial charge in [0.15, 0.2) is 0 Å². The first-order valence-electron chi connectivity index (χ1n) is 15.2. The van der Waals surface area contributed by atoms with Crippen LogP contribution in [0.3, 0.4) is 0 Å². The summed E-state index contributed by atoms with van der Waals surface area (Å²) in [6.07, 6.45) is 16.7. The number of anilines is 1. The predicted octanol–water partition coefficient (Wildman–Crippen LogP) is 3.30. The molecule has 3 aliphatic rings. The molecule has 12 heteroatoms. The van der Waals surface area contributed by atoms with E-state index in [2.05, 4.69) is 42.3 Å². The molecule has 0 radical (unpaired) electrons. The van der Waals surface area contributed by atoms with Crippen LogP contribution in [0.4, 0.5) is 5.82 Å². The molecule has 1 aliphatic carbocycles. The van der Waals surface area contributed by atoms with Gasteiger partial charge in [0.05, 0.1) is 23.2 Å². The number of nitrogens with zero attached hydrogens (tertiary/aromatic N) is 3. The van der Waals surface area contributed by atoms with Crippen molar-refractivity contribution >= 4 is 28.6 Å². The zero-order chi connectivity index (χ0) is 30.9. The third-order valence-electron chi connectivity index (χ3n) is 7.75. The molecule has 5 rings (SSSR count). The maximum atomic E-state index is 6.02. The highest BCUT2D eigenvalue weighted by atomic mass is 16.5. The van der Waals surface area contributed by atoms with Gasteiger partial charge >= 0.3 is 0 Å². The Labute approximate surface area is 259 Å². The van der Waals surface area contributed by atoms with Gasteiger partial charge in [0.25, 0.3) is 0 Å². The number of rotatable bonds is 15. The lowest BCUT2D eigenvalue weighted by atomic mass is 10.1. The standard InChI is InChI=1S/C32H44N10O2/c1-5-43-20(2)24-14-32(42-38-19-24)40-31-9-8-27-29(39-31)12-25(16-35-27)26(15-34-4)17-36-28-11-22(28)7-6-10-44-21(3)23-13-30(33)41-37-18-23/h8-9,12-22,28,36-38,41-42H,5-7,10-11,33H2,1-4H3,(H,39,40). The molecule has 0 saturated heterocycles. The predicted molar refractivity (Wildman–Crippen MR) is 175 cm³/mol. The molecular formula is C32H44N10O2. The van der Waals surface area contributed by atoms with Crippen molar-refractivity contribution in [3.05, 3.63) is 83.5 Å². The first-order valence-corrected chi connectivity index (χ1v) is 15.2. The molecule has 44 heavy (non-hydrogen) atoms. The van der Waals surface area contributed by atoms with Crippen LogP contribution in [0.1, 0.15) is 45.6 Å². The molecule has 234 valence electrons. The van der Waals surface area contributed by atoms with Crippen molar-refractivity contribution < 1.29 is 9.47 Å². The van der Waals surface area contributed by atoms with E-state index < -0.39 is 0 Å². The molecule has 0 bridgehead atoms. The lowest BCUT2D eigenvalue weighted by Crippen LogP contribution is -2.35. The van der Waals surface area contributed by atoms with Crippen molar-refractivity contribution in [1.29, 1.82) is 0 Å². The minimum absolute atomic E-state index is 0.00971. The Morgan fingerprint density at radius 2 is 1.91 bits per heavy atom. The average molecular weight is 601 g/mol. The molecule has 8 N–H and O–H groups in total. The number of aliphatic imine (C=N–C) groups is 1. The number of allylic oxidation sites excluding steroid dienone is 1. The van der Waals surface area contributed by atoms with Gasteiger partial charge in [-0.15, -0.1) is 0 Å². The third kappa shape index (κ3) is 8.29. The van der Waals surface area contributed by atoms with Crippen LogP contribution in [0.5, 0.6) is 0 Å². The van der Waals surface area contributed by atoms with E-state index in [0.29, 0.717) is 36.8 Å². The molecule has 1 fully saturated rings. The van der Waals surface area contributed by atoms with Crippen LogP contribution in [-0.4, -0.2) is 54.7 Å². The van der Waals surface area contributed by atoms with Crippen molar-refractivity contribution in [1.82, 2.24) is 37.0 Å². The lowest BCUT2D eigenvalue weighted by molar-refractivity contribution is 0.0873. The third-order valence-corrected chi connectivity index (χ3v) is 7.75. The Kier molecular flexibility index (Phi) is 10.4. The van der Waals surface area contributed by atoms with Gasteiger partial charge in [0, 0.05) is 79.6 Å². The fourth-order valence-electron chi connectivity index (χ4n) is 5.16. The van der Waals surface area contributed by atoms with Crippen LogP contribution >= 0.6 is 0 Å². The van der Waals surface area contributed by atoms with Crippen molar-refractivity contribution in [2.75, 3.05) is 25.6 Å². The van der Waals surface area contributed by atoms with Crippen LogP contribution in [0.25, 0.3) is 16.6 Å². The summed E-state index contributed by atoms with van der Waals surface area (Å²) in [6, 6.07) is 6.38. The van der Waals surface area contributed by atoms with E-state index in [0.717, 1.165) is 58.4 Å². The second kappa shape index (κ2) is 14.8. The summed E-state index contributed by atoms with van der Waals surface area (Å²) < 4.78 is 11.7. The smallest absolute Gasteiger partial charge is 0.132 e. The highest BCUT2D eigenvalue weighted by molar-refractivity contribution is 6.10. The van der Waals surface area contributed by atoms with Crippen LogP contribution in [0.15, 0.2) is 82.9 Å². The fourth-order valence-corrected chi connectivity index (χ4v) is 5.16. The van der Waals surface area contributed by atoms with E-state index in [1.54, 1.807) is 7.05 Å². The van der Waals surface area contributed by atoms with Gasteiger partial charge in [-0.1, -0.05) is 0 Å². The Morgan fingerprint density at radius 3 is 2.70 bits per heavy atom. The Balaban J connectivity index is 1.15. The van der Waals surface area contributed by atoms with E-state index in [4.69, 9.17) is 20.2 Å². The molecule has 1 saturated carbocycles. The van der Waals surface area contributed by atoms with E-state index in [9.17, 15) is 0 Å². The number of ether oxygens (including phenoxy) is 2.